The lowest BCUT2D eigenvalue weighted by molar-refractivity contribution is -0.137. The standard InChI is InChI=1S/C34H53F2N9O2/c1-6-27(46)44-18(4)15-43(16-19(44)5)32-22-14-24(36)30-28-20(8-7-9-23(28)35)12-25-38-26(42-41-25)13-21-10-11-37-29(17(2)3)31(21)45(33(22)39-30)34(47)40-32/h6,17-25,28-33,37,39H,1,7-16H2,2-5H3,(H,40,47). The molecule has 4 saturated heterocycles. The van der Waals surface area contributed by atoms with Crippen molar-refractivity contribution in [1.82, 2.24) is 30.7 Å². The van der Waals surface area contributed by atoms with Crippen LogP contribution in [0.2, 0.25) is 0 Å². The molecule has 3 N–H and O–H groups in total. The van der Waals surface area contributed by atoms with Crippen LogP contribution in [-0.2, 0) is 4.79 Å². The Hall–Kier alpha value is -2.51. The Morgan fingerprint density at radius 1 is 1.04 bits per heavy atom. The van der Waals surface area contributed by atoms with Crippen molar-refractivity contribution in [2.75, 3.05) is 19.6 Å². The molecule has 1 saturated carbocycles. The maximum Gasteiger partial charge on any atom is 0.320 e. The average molecular weight is 658 g/mol. The van der Waals surface area contributed by atoms with Crippen LogP contribution >= 0.6 is 0 Å². The van der Waals surface area contributed by atoms with Gasteiger partial charge in [-0.3, -0.25) is 15.0 Å². The summed E-state index contributed by atoms with van der Waals surface area (Å²) in [4.78, 5) is 38.3. The van der Waals surface area contributed by atoms with Crippen molar-refractivity contribution < 1.29 is 18.4 Å². The second kappa shape index (κ2) is 13.1. The summed E-state index contributed by atoms with van der Waals surface area (Å²) < 4.78 is 32.9. The Morgan fingerprint density at radius 2 is 1.81 bits per heavy atom. The van der Waals surface area contributed by atoms with Gasteiger partial charge >= 0.3 is 6.03 Å². The van der Waals surface area contributed by atoms with Gasteiger partial charge in [0.15, 0.2) is 6.17 Å². The Kier molecular flexibility index (Phi) is 9.18. The van der Waals surface area contributed by atoms with Crippen LogP contribution in [0.15, 0.2) is 27.9 Å². The summed E-state index contributed by atoms with van der Waals surface area (Å²) in [6, 6.07) is -1.33. The Morgan fingerprint density at radius 3 is 2.53 bits per heavy atom. The van der Waals surface area contributed by atoms with Gasteiger partial charge in [-0.15, -0.1) is 5.11 Å². The molecule has 6 aliphatic heterocycles. The third kappa shape index (κ3) is 5.92. The van der Waals surface area contributed by atoms with Gasteiger partial charge in [0.1, 0.15) is 18.2 Å². The molecule has 7 rings (SSSR count). The van der Waals surface area contributed by atoms with Crippen LogP contribution in [0.1, 0.15) is 72.6 Å². The minimum Gasteiger partial charge on any atom is -0.331 e. The number of nitrogens with one attached hydrogen (secondary N) is 3. The molecular formula is C34H53F2N9O2. The molecule has 6 heterocycles. The highest BCUT2D eigenvalue weighted by Gasteiger charge is 2.57. The van der Waals surface area contributed by atoms with E-state index in [0.29, 0.717) is 38.2 Å². The number of piperazine rings is 1. The lowest BCUT2D eigenvalue weighted by Crippen LogP contribution is -2.80. The highest BCUT2D eigenvalue weighted by Crippen LogP contribution is 2.46. The molecule has 0 spiro atoms. The minimum atomic E-state index is -1.28. The molecule has 0 aromatic rings. The normalized spacial score (nSPS) is 45.5. The first-order chi connectivity index (χ1) is 22.5. The number of halogens is 2. The molecule has 1 aliphatic carbocycles. The maximum absolute atomic E-state index is 16.8. The molecule has 7 aliphatic rings. The number of azo groups is 1. The molecule has 260 valence electrons. The van der Waals surface area contributed by atoms with Crippen molar-refractivity contribution >= 4 is 17.8 Å². The lowest BCUT2D eigenvalue weighted by Gasteiger charge is -2.60. The van der Waals surface area contributed by atoms with Crippen molar-refractivity contribution in [3.8, 4) is 0 Å². The molecule has 14 atom stereocenters. The molecule has 0 aromatic carbocycles. The summed E-state index contributed by atoms with van der Waals surface area (Å²) in [5.41, 5.74) is 0. The molecule has 0 aromatic heterocycles. The van der Waals surface area contributed by atoms with Crippen molar-refractivity contribution in [2.24, 2.45) is 44.8 Å². The molecular weight excluding hydrogens is 604 g/mol. The average Bonchev–Trinajstić information content (AvgIpc) is 3.47. The zero-order valence-corrected chi connectivity index (χ0v) is 28.3. The molecule has 0 radical (unpaired) electrons. The Balaban J connectivity index is 1.29. The van der Waals surface area contributed by atoms with Crippen LogP contribution in [0.25, 0.3) is 0 Å². The van der Waals surface area contributed by atoms with E-state index in [4.69, 9.17) is 4.99 Å². The summed E-state index contributed by atoms with van der Waals surface area (Å²) in [6.07, 6.45) is 1.90. The zero-order chi connectivity index (χ0) is 33.1. The van der Waals surface area contributed by atoms with E-state index in [9.17, 15) is 9.59 Å². The van der Waals surface area contributed by atoms with Gasteiger partial charge in [0.25, 0.3) is 0 Å². The molecule has 14 unspecified atom stereocenters. The first-order valence-electron chi connectivity index (χ1n) is 18.1. The van der Waals surface area contributed by atoms with Gasteiger partial charge in [0, 0.05) is 55.5 Å². The van der Waals surface area contributed by atoms with Gasteiger partial charge in [-0.05, 0) is 76.3 Å². The van der Waals surface area contributed by atoms with Crippen LogP contribution in [0, 0.1) is 29.6 Å². The fourth-order valence-electron chi connectivity index (χ4n) is 10.5. The summed E-state index contributed by atoms with van der Waals surface area (Å²) in [5.74, 6) is 0.0106. The number of alkyl halides is 2. The fourth-order valence-corrected chi connectivity index (χ4v) is 10.5. The van der Waals surface area contributed by atoms with E-state index in [1.165, 1.54) is 6.08 Å². The number of carbonyl (C=O) groups is 2. The maximum atomic E-state index is 16.8. The van der Waals surface area contributed by atoms with E-state index in [2.05, 4.69) is 51.5 Å². The van der Waals surface area contributed by atoms with Crippen LogP contribution in [0.4, 0.5) is 13.6 Å². The van der Waals surface area contributed by atoms with Crippen molar-refractivity contribution in [1.29, 1.82) is 0 Å². The second-order valence-electron chi connectivity index (χ2n) is 15.7. The van der Waals surface area contributed by atoms with E-state index in [1.54, 1.807) is 0 Å². The van der Waals surface area contributed by atoms with Gasteiger partial charge in [-0.1, -0.05) is 26.8 Å². The predicted molar refractivity (Wildman–Crippen MR) is 175 cm³/mol. The van der Waals surface area contributed by atoms with E-state index in [1.807, 2.05) is 23.6 Å². The molecule has 47 heavy (non-hydrogen) atoms. The molecule has 4 bridgehead atoms. The lowest BCUT2D eigenvalue weighted by atomic mass is 9.68. The van der Waals surface area contributed by atoms with Gasteiger partial charge < -0.3 is 20.4 Å². The van der Waals surface area contributed by atoms with E-state index in [0.717, 1.165) is 25.8 Å². The highest BCUT2D eigenvalue weighted by molar-refractivity contribution is 5.87. The largest absolute Gasteiger partial charge is 0.331 e. The summed E-state index contributed by atoms with van der Waals surface area (Å²) >= 11 is 0. The number of rotatable bonds is 3. The number of piperidine rings is 2. The van der Waals surface area contributed by atoms with Crippen LogP contribution in [0.5, 0.6) is 0 Å². The smallest absolute Gasteiger partial charge is 0.320 e. The van der Waals surface area contributed by atoms with Gasteiger partial charge in [0.2, 0.25) is 5.91 Å². The number of aliphatic imine (C=N–C) groups is 1. The van der Waals surface area contributed by atoms with E-state index in [-0.39, 0.29) is 72.4 Å². The number of carbonyl (C=O) groups excluding carboxylic acids is 2. The SMILES string of the molecule is C=CC(=O)N1C(C)CN(C2NC(=O)N3C4NC(C(F)CC24)C2C(F)CCCC2CC2N=NC(=N2)CC2CCNC(C(C)C)C23)CC1C. The first kappa shape index (κ1) is 33.0. The van der Waals surface area contributed by atoms with Crippen LogP contribution < -0.4 is 16.0 Å². The summed E-state index contributed by atoms with van der Waals surface area (Å²) in [5, 5.41) is 19.8. The van der Waals surface area contributed by atoms with Crippen molar-refractivity contribution in [2.45, 2.75) is 134 Å². The minimum absolute atomic E-state index is 0.00442. The third-order valence-electron chi connectivity index (χ3n) is 12.4. The summed E-state index contributed by atoms with van der Waals surface area (Å²) in [7, 11) is 0. The number of amidine groups is 1. The van der Waals surface area contributed by atoms with E-state index < -0.39 is 36.6 Å². The van der Waals surface area contributed by atoms with Gasteiger partial charge in [-0.2, -0.15) is 5.11 Å². The van der Waals surface area contributed by atoms with Gasteiger partial charge in [-0.25, -0.2) is 18.6 Å². The van der Waals surface area contributed by atoms with E-state index >= 15 is 8.78 Å². The van der Waals surface area contributed by atoms with Crippen molar-refractivity contribution in [3.05, 3.63) is 12.7 Å². The third-order valence-corrected chi connectivity index (χ3v) is 12.4. The topological polar surface area (TPSA) is 117 Å². The number of urea groups is 1. The predicted octanol–water partition coefficient (Wildman–Crippen LogP) is 3.83. The number of hydrogen-bond donors (Lipinski definition) is 3. The Bertz CT molecular complexity index is 1270. The number of amides is 3. The monoisotopic (exact) mass is 657 g/mol. The molecule has 13 heteroatoms. The first-order valence-corrected chi connectivity index (χ1v) is 18.1. The second-order valence-corrected chi connectivity index (χ2v) is 15.7. The quantitative estimate of drug-likeness (QED) is 0.399. The van der Waals surface area contributed by atoms with Gasteiger partial charge in [0.05, 0.1) is 18.4 Å². The molecule has 5 fully saturated rings. The van der Waals surface area contributed by atoms with Crippen molar-refractivity contribution in [3.63, 3.8) is 0 Å². The highest BCUT2D eigenvalue weighted by atomic mass is 19.1. The molecule has 11 nitrogen and oxygen atoms in total. The molecule has 3 amide bonds. The summed E-state index contributed by atoms with van der Waals surface area (Å²) in [6.45, 7) is 14.0. The van der Waals surface area contributed by atoms with Crippen LogP contribution in [-0.4, -0.2) is 113 Å². The number of nitrogens with zero attached hydrogens (tertiary/aromatic N) is 6. The fraction of sp³-hybridized carbons (Fsp3) is 0.853. The Labute approximate surface area is 277 Å². The number of fused-ring (bicyclic) bond motifs is 6. The number of hydrogen-bond acceptors (Lipinski definition) is 8. The van der Waals surface area contributed by atoms with Crippen LogP contribution in [0.3, 0.4) is 0 Å². The zero-order valence-electron chi connectivity index (χ0n) is 28.3.